The van der Waals surface area contributed by atoms with Gasteiger partial charge in [-0.05, 0) is 35.4 Å². The van der Waals surface area contributed by atoms with Gasteiger partial charge in [0.1, 0.15) is 11.5 Å². The minimum atomic E-state index is -0.0753. The van der Waals surface area contributed by atoms with Crippen molar-refractivity contribution in [1.29, 1.82) is 0 Å². The average molecular weight is 214 g/mol. The van der Waals surface area contributed by atoms with Crippen molar-refractivity contribution in [1.82, 2.24) is 11.5 Å². The topological polar surface area (TPSA) is 88.1 Å². The fourth-order valence-corrected chi connectivity index (χ4v) is 1.43. The van der Waals surface area contributed by atoms with Crippen molar-refractivity contribution in [3.05, 3.63) is 36.4 Å². The monoisotopic (exact) mass is 214 g/mol. The van der Waals surface area contributed by atoms with Gasteiger partial charge in [0.2, 0.25) is 0 Å². The summed E-state index contributed by atoms with van der Waals surface area (Å²) in [5, 5.41) is 18.4. The van der Waals surface area contributed by atoms with Crippen molar-refractivity contribution in [3.63, 3.8) is 0 Å². The molecule has 0 heterocycles. The minimum Gasteiger partial charge on any atom is -0.506 e. The van der Waals surface area contributed by atoms with E-state index >= 15 is 0 Å². The molecule has 2 aromatic carbocycles. The Morgan fingerprint density at radius 1 is 0.688 bits per heavy atom. The second-order valence-corrected chi connectivity index (χ2v) is 3.46. The number of benzene rings is 2. The molecular weight excluding hydrogens is 204 g/mol. The van der Waals surface area contributed by atoms with Crippen LogP contribution in [0.4, 0.5) is 11.4 Å². The Kier molecular flexibility index (Phi) is 2.32. The molecule has 2 aromatic rings. The molecule has 0 aliphatic carbocycles. The smallest absolute Gasteiger partial charge is 0.140 e. The Labute approximate surface area is 92.8 Å². The van der Waals surface area contributed by atoms with E-state index in [1.165, 1.54) is 24.3 Å². The first kappa shape index (κ1) is 10.2. The van der Waals surface area contributed by atoms with Crippen LogP contribution < -0.4 is 11.5 Å². The molecule has 0 amide bonds. The van der Waals surface area contributed by atoms with E-state index in [2.05, 4.69) is 0 Å². The van der Waals surface area contributed by atoms with Crippen molar-refractivity contribution < 1.29 is 10.2 Å². The van der Waals surface area contributed by atoms with Crippen molar-refractivity contribution in [2.75, 3.05) is 0 Å². The van der Waals surface area contributed by atoms with E-state index < -0.39 is 0 Å². The third-order valence-electron chi connectivity index (χ3n) is 2.33. The van der Waals surface area contributed by atoms with Crippen LogP contribution in [-0.4, -0.2) is 10.2 Å². The maximum absolute atomic E-state index is 9.22. The number of phenolic OH excluding ortho intramolecular Hbond substituents is 2. The van der Waals surface area contributed by atoms with Crippen LogP contribution in [0.1, 0.15) is 0 Å². The number of nitrogens with one attached hydrogen (secondary N) is 2. The first-order valence-corrected chi connectivity index (χ1v) is 4.67. The van der Waals surface area contributed by atoms with Crippen LogP contribution in [-0.2, 0) is 0 Å². The second kappa shape index (κ2) is 3.66. The maximum Gasteiger partial charge on any atom is 0.140 e. The predicted octanol–water partition coefficient (Wildman–Crippen LogP) is 2.59. The van der Waals surface area contributed by atoms with E-state index in [0.29, 0.717) is 0 Å². The lowest BCUT2D eigenvalue weighted by Gasteiger charge is -2.05. The maximum atomic E-state index is 9.22. The first-order chi connectivity index (χ1) is 7.58. The molecule has 4 heteroatoms. The van der Waals surface area contributed by atoms with E-state index in [1.807, 2.05) is 0 Å². The number of hydrogen-bond acceptors (Lipinski definition) is 2. The Morgan fingerprint density at radius 2 is 1.06 bits per heavy atom. The number of phenols is 2. The van der Waals surface area contributed by atoms with E-state index in [-0.39, 0.29) is 22.9 Å². The average Bonchev–Trinajstić information content (AvgIpc) is 2.26. The molecule has 0 aliphatic heterocycles. The quantitative estimate of drug-likeness (QED) is 0.714. The summed E-state index contributed by atoms with van der Waals surface area (Å²) in [5.74, 6) is -0.151. The summed E-state index contributed by atoms with van der Waals surface area (Å²) in [7, 11) is 0. The van der Waals surface area contributed by atoms with Gasteiger partial charge in [-0.15, -0.1) is 0 Å². The van der Waals surface area contributed by atoms with Crippen LogP contribution in [0.5, 0.6) is 11.5 Å². The molecule has 16 heavy (non-hydrogen) atoms. The molecule has 2 radical (unpaired) electrons. The van der Waals surface area contributed by atoms with Gasteiger partial charge in [-0.3, -0.25) is 11.5 Å². The van der Waals surface area contributed by atoms with Crippen LogP contribution in [0.2, 0.25) is 0 Å². The molecule has 4 N–H and O–H groups in total. The molecule has 80 valence electrons. The fraction of sp³-hybridized carbons (Fsp3) is 0. The normalized spacial score (nSPS) is 10.2. The van der Waals surface area contributed by atoms with Crippen LogP contribution >= 0.6 is 0 Å². The molecule has 0 saturated heterocycles. The summed E-state index contributed by atoms with van der Waals surface area (Å²) in [6.07, 6.45) is 0. The zero-order valence-corrected chi connectivity index (χ0v) is 8.36. The summed E-state index contributed by atoms with van der Waals surface area (Å²) < 4.78 is 0. The molecule has 2 rings (SSSR count). The summed E-state index contributed by atoms with van der Waals surface area (Å²) in [5.41, 5.74) is 16.5. The highest BCUT2D eigenvalue weighted by atomic mass is 16.3. The molecule has 0 bridgehead atoms. The lowest BCUT2D eigenvalue weighted by molar-refractivity contribution is 0.475. The Hall–Kier alpha value is -2.36. The SMILES string of the molecule is [NH]c1cc(-c2ccc(O)c([NH])c2)ccc1O. The summed E-state index contributed by atoms with van der Waals surface area (Å²) in [6, 6.07) is 9.24. The van der Waals surface area contributed by atoms with Gasteiger partial charge >= 0.3 is 0 Å². The van der Waals surface area contributed by atoms with Gasteiger partial charge in [0.05, 0.1) is 11.4 Å². The highest BCUT2D eigenvalue weighted by Crippen LogP contribution is 2.32. The molecule has 0 aliphatic rings. The fourth-order valence-electron chi connectivity index (χ4n) is 1.43. The van der Waals surface area contributed by atoms with E-state index in [0.717, 1.165) is 11.1 Å². The van der Waals surface area contributed by atoms with Crippen LogP contribution in [0.25, 0.3) is 11.1 Å². The van der Waals surface area contributed by atoms with Crippen LogP contribution in [0.3, 0.4) is 0 Å². The molecule has 0 aromatic heterocycles. The molecule has 0 saturated carbocycles. The second-order valence-electron chi connectivity index (χ2n) is 3.46. The first-order valence-electron chi connectivity index (χ1n) is 4.67. The van der Waals surface area contributed by atoms with Crippen LogP contribution in [0.15, 0.2) is 36.4 Å². The Morgan fingerprint density at radius 3 is 1.38 bits per heavy atom. The molecule has 0 atom stereocenters. The van der Waals surface area contributed by atoms with E-state index in [1.54, 1.807) is 12.1 Å². The minimum absolute atomic E-state index is 0.0390. The molecule has 4 nitrogen and oxygen atoms in total. The predicted molar refractivity (Wildman–Crippen MR) is 60.7 cm³/mol. The van der Waals surface area contributed by atoms with Crippen molar-refractivity contribution in [3.8, 4) is 22.6 Å². The molecule has 0 fully saturated rings. The zero-order chi connectivity index (χ0) is 11.7. The number of hydrogen-bond donors (Lipinski definition) is 2. The van der Waals surface area contributed by atoms with Gasteiger partial charge in [-0.25, -0.2) is 0 Å². The Bertz CT molecular complexity index is 489. The van der Waals surface area contributed by atoms with Gasteiger partial charge in [0.15, 0.2) is 0 Å². The third kappa shape index (κ3) is 1.72. The largest absolute Gasteiger partial charge is 0.506 e. The molecule has 0 spiro atoms. The van der Waals surface area contributed by atoms with Crippen molar-refractivity contribution in [2.45, 2.75) is 0 Å². The van der Waals surface area contributed by atoms with Gasteiger partial charge < -0.3 is 10.2 Å². The summed E-state index contributed by atoms with van der Waals surface area (Å²) in [4.78, 5) is 0. The standard InChI is InChI=1S/C12H10N2O2/c13-9-5-7(1-3-11(9)15)8-2-4-12(16)10(14)6-8/h1-6,13-16H. The van der Waals surface area contributed by atoms with Gasteiger partial charge in [0.25, 0.3) is 0 Å². The molecule has 0 unspecified atom stereocenters. The van der Waals surface area contributed by atoms with Gasteiger partial charge in [-0.2, -0.15) is 0 Å². The number of rotatable bonds is 1. The highest BCUT2D eigenvalue weighted by Gasteiger charge is 2.04. The Balaban J connectivity index is 2.50. The van der Waals surface area contributed by atoms with Crippen LogP contribution in [0, 0.1) is 0 Å². The highest BCUT2D eigenvalue weighted by molar-refractivity contribution is 5.73. The van der Waals surface area contributed by atoms with E-state index in [4.69, 9.17) is 11.5 Å². The summed E-state index contributed by atoms with van der Waals surface area (Å²) in [6.45, 7) is 0. The van der Waals surface area contributed by atoms with E-state index in [9.17, 15) is 10.2 Å². The lowest BCUT2D eigenvalue weighted by atomic mass is 10.0. The van der Waals surface area contributed by atoms with Crippen molar-refractivity contribution in [2.24, 2.45) is 0 Å². The third-order valence-corrected chi connectivity index (χ3v) is 2.33. The summed E-state index contributed by atoms with van der Waals surface area (Å²) >= 11 is 0. The van der Waals surface area contributed by atoms with Gasteiger partial charge in [0, 0.05) is 0 Å². The van der Waals surface area contributed by atoms with Gasteiger partial charge in [-0.1, -0.05) is 12.1 Å². The molecular formula is C12H10N2O2. The number of aromatic hydroxyl groups is 2. The zero-order valence-electron chi connectivity index (χ0n) is 8.36. The van der Waals surface area contributed by atoms with Crippen molar-refractivity contribution >= 4 is 11.4 Å². The lowest BCUT2D eigenvalue weighted by Crippen LogP contribution is -1.81.